The van der Waals surface area contributed by atoms with Gasteiger partial charge in [0.15, 0.2) is 0 Å². The molecule has 0 radical (unpaired) electrons. The Kier molecular flexibility index (Phi) is 6.17. The van der Waals surface area contributed by atoms with Crippen molar-refractivity contribution in [3.63, 3.8) is 0 Å². The van der Waals surface area contributed by atoms with Crippen LogP contribution in [-0.4, -0.2) is 36.6 Å². The fourth-order valence-corrected chi connectivity index (χ4v) is 5.37. The van der Waals surface area contributed by atoms with Crippen molar-refractivity contribution in [3.8, 4) is 0 Å². The van der Waals surface area contributed by atoms with Gasteiger partial charge < -0.3 is 23.0 Å². The average Bonchev–Trinajstić information content (AvgIpc) is 3.30. The van der Waals surface area contributed by atoms with Crippen LogP contribution in [0.25, 0.3) is 21.9 Å². The highest BCUT2D eigenvalue weighted by molar-refractivity contribution is 6.63. The normalized spacial score (nSPS) is 22.4. The van der Waals surface area contributed by atoms with Gasteiger partial charge in [-0.15, -0.1) is 0 Å². The molecule has 0 bridgehead atoms. The highest BCUT2D eigenvalue weighted by atomic mass is 16.7. The summed E-state index contributed by atoms with van der Waals surface area (Å²) in [6.45, 7) is 30.1. The lowest BCUT2D eigenvalue weighted by atomic mass is 9.73. The van der Waals surface area contributed by atoms with Gasteiger partial charge in [-0.05, 0) is 77.1 Å². The lowest BCUT2D eigenvalue weighted by Gasteiger charge is -2.32. The number of hydrogen-bond donors (Lipinski definition) is 0. The Morgan fingerprint density at radius 3 is 1.03 bits per heavy atom. The van der Waals surface area contributed by atoms with Crippen molar-refractivity contribution in [1.82, 2.24) is 0 Å². The zero-order valence-corrected chi connectivity index (χ0v) is 26.5. The van der Waals surface area contributed by atoms with E-state index < -0.39 is 36.6 Å². The van der Waals surface area contributed by atoms with Crippen molar-refractivity contribution in [1.29, 1.82) is 0 Å². The Hall–Kier alpha value is -1.79. The van der Waals surface area contributed by atoms with Crippen LogP contribution >= 0.6 is 0 Å². The zero-order chi connectivity index (χ0) is 29.1. The largest absolute Gasteiger partial charge is 0.494 e. The number of rotatable bonds is 2. The molecular weight excluding hydrogens is 486 g/mol. The van der Waals surface area contributed by atoms with Crippen LogP contribution in [0.15, 0.2) is 28.7 Å². The summed E-state index contributed by atoms with van der Waals surface area (Å²) in [5.74, 6) is 0. The maximum atomic E-state index is 6.80. The molecular formula is C32H46B2O5. The molecule has 0 unspecified atom stereocenters. The van der Waals surface area contributed by atoms with E-state index in [1.807, 2.05) is 0 Å². The van der Waals surface area contributed by atoms with E-state index in [9.17, 15) is 0 Å². The van der Waals surface area contributed by atoms with Gasteiger partial charge in [-0.3, -0.25) is 0 Å². The van der Waals surface area contributed by atoms with Crippen LogP contribution in [0.4, 0.5) is 0 Å². The third-order valence-electron chi connectivity index (χ3n) is 9.38. The molecule has 2 fully saturated rings. The highest BCUT2D eigenvalue weighted by Gasteiger charge is 2.53. The minimum atomic E-state index is -0.459. The summed E-state index contributed by atoms with van der Waals surface area (Å²) in [6.07, 6.45) is 0. The first-order chi connectivity index (χ1) is 17.5. The summed E-state index contributed by atoms with van der Waals surface area (Å²) in [7, 11) is -0.919. The van der Waals surface area contributed by atoms with E-state index in [4.69, 9.17) is 23.0 Å². The molecule has 2 aliphatic heterocycles. The molecule has 0 spiro atoms. The summed E-state index contributed by atoms with van der Waals surface area (Å²) >= 11 is 0. The molecule has 3 aromatic rings. The van der Waals surface area contributed by atoms with Crippen molar-refractivity contribution in [2.75, 3.05) is 0 Å². The summed E-state index contributed by atoms with van der Waals surface area (Å²) in [5.41, 5.74) is 4.13. The quantitative estimate of drug-likeness (QED) is 0.341. The molecule has 2 aromatic carbocycles. The second-order valence-corrected chi connectivity index (χ2v) is 15.7. The molecule has 0 N–H and O–H groups in total. The second kappa shape index (κ2) is 8.38. The van der Waals surface area contributed by atoms with E-state index in [1.54, 1.807) is 0 Å². The Labute approximate surface area is 235 Å². The van der Waals surface area contributed by atoms with Crippen molar-refractivity contribution in [2.45, 2.75) is 130 Å². The maximum Gasteiger partial charge on any atom is 0.494 e. The monoisotopic (exact) mass is 532 g/mol. The molecule has 0 amide bonds. The van der Waals surface area contributed by atoms with Gasteiger partial charge >= 0.3 is 14.2 Å². The Morgan fingerprint density at radius 1 is 0.487 bits per heavy atom. The van der Waals surface area contributed by atoms with E-state index >= 15 is 0 Å². The highest BCUT2D eigenvalue weighted by Crippen LogP contribution is 2.42. The predicted octanol–water partition coefficient (Wildman–Crippen LogP) is 6.78. The molecule has 0 atom stereocenters. The molecule has 0 saturated carbocycles. The van der Waals surface area contributed by atoms with E-state index in [2.05, 4.69) is 121 Å². The second-order valence-electron chi connectivity index (χ2n) is 15.7. The minimum absolute atomic E-state index is 0.151. The van der Waals surface area contributed by atoms with Gasteiger partial charge in [-0.25, -0.2) is 0 Å². The van der Waals surface area contributed by atoms with Crippen LogP contribution < -0.4 is 10.9 Å². The van der Waals surface area contributed by atoms with E-state index in [0.29, 0.717) is 0 Å². The van der Waals surface area contributed by atoms with E-state index in [0.717, 1.165) is 44.0 Å². The summed E-state index contributed by atoms with van der Waals surface area (Å²) in [4.78, 5) is 0. The third-order valence-corrected chi connectivity index (χ3v) is 9.38. The van der Waals surface area contributed by atoms with E-state index in [-0.39, 0.29) is 10.8 Å². The summed E-state index contributed by atoms with van der Waals surface area (Å²) < 4.78 is 32.8. The van der Waals surface area contributed by atoms with Gasteiger partial charge in [0.25, 0.3) is 0 Å². The Bertz CT molecular complexity index is 1310. The molecule has 210 valence electrons. The van der Waals surface area contributed by atoms with Gasteiger partial charge in [0, 0.05) is 21.9 Å². The van der Waals surface area contributed by atoms with Crippen LogP contribution in [0.5, 0.6) is 0 Å². The van der Waals surface area contributed by atoms with Crippen LogP contribution in [0.3, 0.4) is 0 Å². The first kappa shape index (κ1) is 28.7. The molecule has 2 saturated heterocycles. The topological polar surface area (TPSA) is 50.1 Å². The average molecular weight is 532 g/mol. The first-order valence-electron chi connectivity index (χ1n) is 14.3. The summed E-state index contributed by atoms with van der Waals surface area (Å²) in [5, 5.41) is 2.12. The summed E-state index contributed by atoms with van der Waals surface area (Å²) in [6, 6.07) is 8.80. The Balaban J connectivity index is 1.78. The SMILES string of the molecule is CC(C)(C)c1cc(B2OC(C)(C)C(C)(C)O2)cc2c1oc1c(C(C)(C)C)cc(B3OC(C)(C)C(C)(C)O3)cc12. The predicted molar refractivity (Wildman–Crippen MR) is 163 cm³/mol. The van der Waals surface area contributed by atoms with Gasteiger partial charge in [-0.2, -0.15) is 0 Å². The number of hydrogen-bond acceptors (Lipinski definition) is 5. The van der Waals surface area contributed by atoms with Crippen molar-refractivity contribution in [2.24, 2.45) is 0 Å². The van der Waals surface area contributed by atoms with Crippen molar-refractivity contribution in [3.05, 3.63) is 35.4 Å². The first-order valence-corrected chi connectivity index (χ1v) is 14.3. The smallest absolute Gasteiger partial charge is 0.455 e. The fraction of sp³-hybridized carbons (Fsp3) is 0.625. The number of benzene rings is 2. The minimum Gasteiger partial charge on any atom is -0.455 e. The third kappa shape index (κ3) is 4.58. The maximum absolute atomic E-state index is 6.80. The molecule has 7 heteroatoms. The standard InChI is InChI=1S/C32H46B2O5/c1-27(2,3)23-17-19(33-36-29(7,8)30(9,10)37-33)15-21-22-16-20(34-38-31(11,12)32(13,14)39-34)18-24(28(4,5)6)26(22)35-25(21)23/h15-18H,1-14H3. The molecule has 2 aliphatic rings. The van der Waals surface area contributed by atoms with E-state index in [1.165, 1.54) is 0 Å². The van der Waals surface area contributed by atoms with Crippen LogP contribution in [0.2, 0.25) is 0 Å². The van der Waals surface area contributed by atoms with Crippen LogP contribution in [0.1, 0.15) is 108 Å². The van der Waals surface area contributed by atoms with Gasteiger partial charge in [-0.1, -0.05) is 65.8 Å². The molecule has 39 heavy (non-hydrogen) atoms. The fourth-order valence-electron chi connectivity index (χ4n) is 5.37. The molecule has 5 nitrogen and oxygen atoms in total. The molecule has 3 heterocycles. The van der Waals surface area contributed by atoms with Crippen molar-refractivity contribution < 1.29 is 23.0 Å². The van der Waals surface area contributed by atoms with Gasteiger partial charge in [0.1, 0.15) is 11.2 Å². The molecule has 0 aliphatic carbocycles. The number of furan rings is 1. The molecule has 5 rings (SSSR count). The van der Waals surface area contributed by atoms with Gasteiger partial charge in [0.05, 0.1) is 22.4 Å². The lowest BCUT2D eigenvalue weighted by Crippen LogP contribution is -2.41. The van der Waals surface area contributed by atoms with Crippen LogP contribution in [0, 0.1) is 0 Å². The van der Waals surface area contributed by atoms with Crippen LogP contribution in [-0.2, 0) is 29.4 Å². The Morgan fingerprint density at radius 2 is 0.769 bits per heavy atom. The zero-order valence-electron chi connectivity index (χ0n) is 26.5. The van der Waals surface area contributed by atoms with Crippen molar-refractivity contribution >= 4 is 47.1 Å². The number of fused-ring (bicyclic) bond motifs is 3. The van der Waals surface area contributed by atoms with Gasteiger partial charge in [0.2, 0.25) is 0 Å². The molecule has 1 aromatic heterocycles. The lowest BCUT2D eigenvalue weighted by molar-refractivity contribution is 0.00578.